The fourth-order valence-electron chi connectivity index (χ4n) is 2.49. The van der Waals surface area contributed by atoms with Crippen molar-refractivity contribution in [3.8, 4) is 0 Å². The molecule has 0 bridgehead atoms. The number of allylic oxidation sites excluding steroid dienone is 1. The van der Waals surface area contributed by atoms with Crippen LogP contribution in [0.15, 0.2) is 28.9 Å². The number of carbonyl (C=O) groups is 2. The number of hydrogen-bond acceptors (Lipinski definition) is 4. The molecule has 6 heteroatoms. The zero-order chi connectivity index (χ0) is 17.7. The maximum atomic E-state index is 12.5. The molecule has 1 N–H and O–H groups in total. The molecular weight excluding hydrogens is 324 g/mol. The molecule has 1 aromatic carbocycles. The number of amides is 2. The molecule has 0 radical (unpaired) electrons. The van der Waals surface area contributed by atoms with Gasteiger partial charge in [0.1, 0.15) is 10.7 Å². The Morgan fingerprint density at radius 1 is 1.25 bits per heavy atom. The number of ether oxygens (including phenoxy) is 1. The number of rotatable bonds is 5. The van der Waals surface area contributed by atoms with Crippen LogP contribution >= 0.6 is 11.8 Å². The van der Waals surface area contributed by atoms with Crippen LogP contribution in [0.4, 0.5) is 5.69 Å². The van der Waals surface area contributed by atoms with Crippen LogP contribution in [0.1, 0.15) is 36.7 Å². The summed E-state index contributed by atoms with van der Waals surface area (Å²) in [5, 5.41) is 2.91. The van der Waals surface area contributed by atoms with E-state index in [1.54, 1.807) is 24.0 Å². The van der Waals surface area contributed by atoms with Crippen LogP contribution in [-0.4, -0.2) is 42.2 Å². The van der Waals surface area contributed by atoms with Gasteiger partial charge in [0.2, 0.25) is 0 Å². The van der Waals surface area contributed by atoms with Gasteiger partial charge in [-0.1, -0.05) is 6.07 Å². The molecule has 2 amide bonds. The van der Waals surface area contributed by atoms with Crippen LogP contribution in [0.3, 0.4) is 0 Å². The molecule has 5 nitrogen and oxygen atoms in total. The van der Waals surface area contributed by atoms with Crippen molar-refractivity contribution in [2.75, 3.05) is 30.8 Å². The molecule has 1 aromatic rings. The monoisotopic (exact) mass is 348 g/mol. The summed E-state index contributed by atoms with van der Waals surface area (Å²) >= 11 is 1.49. The highest BCUT2D eigenvalue weighted by Crippen LogP contribution is 2.27. The van der Waals surface area contributed by atoms with E-state index in [2.05, 4.69) is 5.32 Å². The third-order valence-electron chi connectivity index (χ3n) is 3.96. The second-order valence-corrected chi connectivity index (χ2v) is 6.65. The summed E-state index contributed by atoms with van der Waals surface area (Å²) in [6.07, 6.45) is 0. The summed E-state index contributed by atoms with van der Waals surface area (Å²) in [6, 6.07) is 5.41. The molecule has 24 heavy (non-hydrogen) atoms. The van der Waals surface area contributed by atoms with Gasteiger partial charge in [-0.2, -0.15) is 0 Å². The number of aryl methyl sites for hydroxylation is 1. The fourth-order valence-corrected chi connectivity index (χ4v) is 3.31. The predicted molar refractivity (Wildman–Crippen MR) is 98.2 cm³/mol. The van der Waals surface area contributed by atoms with E-state index in [1.807, 2.05) is 26.8 Å². The summed E-state index contributed by atoms with van der Waals surface area (Å²) in [5.74, 6) is 1.20. The van der Waals surface area contributed by atoms with Crippen molar-refractivity contribution in [2.45, 2.75) is 27.7 Å². The van der Waals surface area contributed by atoms with Gasteiger partial charge in [0, 0.05) is 30.1 Å². The van der Waals surface area contributed by atoms with Gasteiger partial charge in [-0.25, -0.2) is 0 Å². The lowest BCUT2D eigenvalue weighted by Gasteiger charge is -2.20. The standard InChI is InChI=1S/C18H24N2O3S/c1-5-20(6-2)18(22)14-8-7-12(3)15(11-14)19-17(21)16-13(4)23-9-10-24-16/h7-8,11H,5-6,9-10H2,1-4H3,(H,19,21). The molecular formula is C18H24N2O3S. The largest absolute Gasteiger partial charge is 0.496 e. The second kappa shape index (κ2) is 8.24. The van der Waals surface area contributed by atoms with Gasteiger partial charge >= 0.3 is 0 Å². The van der Waals surface area contributed by atoms with Crippen molar-refractivity contribution in [3.63, 3.8) is 0 Å². The van der Waals surface area contributed by atoms with E-state index in [4.69, 9.17) is 4.74 Å². The molecule has 1 aliphatic rings. The van der Waals surface area contributed by atoms with Crippen molar-refractivity contribution in [2.24, 2.45) is 0 Å². The summed E-state index contributed by atoms with van der Waals surface area (Å²) in [5.41, 5.74) is 2.15. The highest BCUT2D eigenvalue weighted by Gasteiger charge is 2.20. The Morgan fingerprint density at radius 3 is 2.58 bits per heavy atom. The van der Waals surface area contributed by atoms with E-state index in [0.717, 1.165) is 11.3 Å². The van der Waals surface area contributed by atoms with Crippen molar-refractivity contribution >= 4 is 29.3 Å². The SMILES string of the molecule is CCN(CC)C(=O)c1ccc(C)c(NC(=O)C2=C(C)OCCS2)c1. The number of nitrogens with one attached hydrogen (secondary N) is 1. The zero-order valence-corrected chi connectivity index (χ0v) is 15.5. The Kier molecular flexibility index (Phi) is 6.31. The maximum Gasteiger partial charge on any atom is 0.265 e. The van der Waals surface area contributed by atoms with Crippen LogP contribution in [0.25, 0.3) is 0 Å². The molecule has 0 spiro atoms. The van der Waals surface area contributed by atoms with Gasteiger partial charge in [-0.15, -0.1) is 11.8 Å². The van der Waals surface area contributed by atoms with Crippen LogP contribution in [0, 0.1) is 6.92 Å². The molecule has 0 atom stereocenters. The first-order chi connectivity index (χ1) is 11.5. The van der Waals surface area contributed by atoms with E-state index in [0.29, 0.717) is 41.6 Å². The van der Waals surface area contributed by atoms with Crippen LogP contribution in [-0.2, 0) is 9.53 Å². The normalized spacial score (nSPS) is 14.2. The number of thioether (sulfide) groups is 1. The first kappa shape index (κ1) is 18.4. The average Bonchev–Trinajstić information content (AvgIpc) is 2.58. The van der Waals surface area contributed by atoms with E-state index in [1.165, 1.54) is 11.8 Å². The lowest BCUT2D eigenvalue weighted by molar-refractivity contribution is -0.112. The van der Waals surface area contributed by atoms with Gasteiger partial charge in [0.15, 0.2) is 0 Å². The number of nitrogens with zero attached hydrogens (tertiary/aromatic N) is 1. The van der Waals surface area contributed by atoms with Gasteiger partial charge in [-0.3, -0.25) is 9.59 Å². The van der Waals surface area contributed by atoms with Crippen molar-refractivity contribution in [1.29, 1.82) is 0 Å². The van der Waals surface area contributed by atoms with E-state index < -0.39 is 0 Å². The molecule has 0 fully saturated rings. The molecule has 0 saturated carbocycles. The number of benzene rings is 1. The van der Waals surface area contributed by atoms with Gasteiger partial charge < -0.3 is 15.0 Å². The van der Waals surface area contributed by atoms with Gasteiger partial charge in [0.05, 0.1) is 6.61 Å². The van der Waals surface area contributed by atoms with E-state index in [-0.39, 0.29) is 11.8 Å². The van der Waals surface area contributed by atoms with Crippen molar-refractivity contribution in [1.82, 2.24) is 4.90 Å². The summed E-state index contributed by atoms with van der Waals surface area (Å²) in [7, 11) is 0. The maximum absolute atomic E-state index is 12.5. The number of anilines is 1. The third kappa shape index (κ3) is 4.12. The molecule has 1 aliphatic heterocycles. The first-order valence-electron chi connectivity index (χ1n) is 8.15. The highest BCUT2D eigenvalue weighted by atomic mass is 32.2. The van der Waals surface area contributed by atoms with Crippen LogP contribution in [0.2, 0.25) is 0 Å². The average molecular weight is 348 g/mol. The van der Waals surface area contributed by atoms with Gasteiger partial charge in [-0.05, 0) is 45.4 Å². The summed E-state index contributed by atoms with van der Waals surface area (Å²) < 4.78 is 5.44. The van der Waals surface area contributed by atoms with Gasteiger partial charge in [0.25, 0.3) is 11.8 Å². The molecule has 130 valence electrons. The Bertz CT molecular complexity index is 666. The Balaban J connectivity index is 2.23. The lowest BCUT2D eigenvalue weighted by Crippen LogP contribution is -2.30. The van der Waals surface area contributed by atoms with Crippen molar-refractivity contribution in [3.05, 3.63) is 40.0 Å². The van der Waals surface area contributed by atoms with E-state index >= 15 is 0 Å². The summed E-state index contributed by atoms with van der Waals surface area (Å²) in [6.45, 7) is 9.55. The zero-order valence-electron chi connectivity index (χ0n) is 14.6. The second-order valence-electron chi connectivity index (χ2n) is 5.54. The Hall–Kier alpha value is -1.95. The topological polar surface area (TPSA) is 58.6 Å². The smallest absolute Gasteiger partial charge is 0.265 e. The molecule has 0 aliphatic carbocycles. The molecule has 0 saturated heterocycles. The Labute approximate surface area is 147 Å². The minimum Gasteiger partial charge on any atom is -0.496 e. The van der Waals surface area contributed by atoms with E-state index in [9.17, 15) is 9.59 Å². The van der Waals surface area contributed by atoms with Crippen molar-refractivity contribution < 1.29 is 14.3 Å². The van der Waals surface area contributed by atoms with Crippen LogP contribution < -0.4 is 5.32 Å². The number of hydrogen-bond donors (Lipinski definition) is 1. The minimum absolute atomic E-state index is 0.0266. The third-order valence-corrected chi connectivity index (χ3v) is 5.09. The quantitative estimate of drug-likeness (QED) is 0.886. The highest BCUT2D eigenvalue weighted by molar-refractivity contribution is 8.04. The molecule has 2 rings (SSSR count). The van der Waals surface area contributed by atoms with Crippen LogP contribution in [0.5, 0.6) is 0 Å². The molecule has 1 heterocycles. The molecule has 0 aromatic heterocycles. The Morgan fingerprint density at radius 2 is 1.96 bits per heavy atom. The minimum atomic E-state index is -0.187. The molecule has 0 unspecified atom stereocenters. The number of carbonyl (C=O) groups excluding carboxylic acids is 2. The fraction of sp³-hybridized carbons (Fsp3) is 0.444. The predicted octanol–water partition coefficient (Wildman–Crippen LogP) is 3.41. The summed E-state index contributed by atoms with van der Waals surface area (Å²) in [4.78, 5) is 27.3. The lowest BCUT2D eigenvalue weighted by atomic mass is 10.1. The first-order valence-corrected chi connectivity index (χ1v) is 9.14.